The fraction of sp³-hybridized carbons (Fsp3) is 0.150. The van der Waals surface area contributed by atoms with Gasteiger partial charge in [0.15, 0.2) is 20.4 Å². The standard InChI is InChI=1S/C20H19N3O15S4.Cu/c1-10(24)21-15-8-13(40(29,30)31)6-11-7-17(41(32,33)34)19(20(26)18(11)15)23-22-14-3-2-12(9-16(14)25)39(27,28)5-4-38-42(35,36)37;/h2-3,6-9,25-26H,4-5H2,1H3,(H,21,24)(H,29,30,31)(H,32,33,34)(H,35,36,37);/p+3. The average molecular weight is 736 g/mol. The molecule has 3 aromatic rings. The fourth-order valence-electron chi connectivity index (χ4n) is 3.51. The van der Waals surface area contributed by atoms with Crippen molar-refractivity contribution in [1.82, 2.24) is 0 Å². The molecule has 0 aliphatic heterocycles. The van der Waals surface area contributed by atoms with E-state index in [1.54, 1.807) is 0 Å². The molecular formula is C20H22CuN3O15S4+3. The number of fused-ring (bicyclic) bond motifs is 1. The van der Waals surface area contributed by atoms with Crippen molar-refractivity contribution >= 4 is 74.2 Å². The first-order valence-electron chi connectivity index (χ1n) is 10.9. The molecule has 0 bridgehead atoms. The maximum absolute atomic E-state index is 12.4. The number of rotatable bonds is 10. The topological polar surface area (TPSA) is 310 Å². The molecule has 239 valence electrons. The Morgan fingerprint density at radius 3 is 2.05 bits per heavy atom. The van der Waals surface area contributed by atoms with Crippen molar-refractivity contribution in [3.05, 3.63) is 36.4 Å². The van der Waals surface area contributed by atoms with Crippen molar-refractivity contribution in [3.63, 3.8) is 0 Å². The number of hydrogen-bond donors (Lipinski definition) is 7. The molecule has 0 aliphatic carbocycles. The summed E-state index contributed by atoms with van der Waals surface area (Å²) in [5, 5.41) is 34.2. The summed E-state index contributed by atoms with van der Waals surface area (Å²) < 4.78 is 125. The monoisotopic (exact) mass is 735 g/mol. The minimum Gasteiger partial charge on any atom is -0.548 e. The number of phenolic OH excluding ortho intramolecular Hbond substituents is 2. The molecule has 23 heteroatoms. The van der Waals surface area contributed by atoms with Gasteiger partial charge in [-0.05, 0) is 29.7 Å². The Morgan fingerprint density at radius 2 is 1.53 bits per heavy atom. The Balaban J connectivity index is 0.00000645. The number of aromatic hydroxyl groups is 2. The van der Waals surface area contributed by atoms with Crippen molar-refractivity contribution in [3.8, 4) is 11.5 Å². The van der Waals surface area contributed by atoms with Gasteiger partial charge in [0.05, 0.1) is 17.3 Å². The largest absolute Gasteiger partial charge is 0.548 e. The van der Waals surface area contributed by atoms with Crippen LogP contribution in [0.4, 0.5) is 17.1 Å². The van der Waals surface area contributed by atoms with Gasteiger partial charge in [-0.2, -0.15) is 25.3 Å². The quantitative estimate of drug-likeness (QED) is 0.0219. The number of phenols is 2. The summed E-state index contributed by atoms with van der Waals surface area (Å²) in [6.07, 6.45) is 0. The summed E-state index contributed by atoms with van der Waals surface area (Å²) >= 11 is 0. The van der Waals surface area contributed by atoms with Crippen LogP contribution in [0.3, 0.4) is 0 Å². The maximum atomic E-state index is 12.4. The number of nitrogens with zero attached hydrogens (tertiary/aromatic N) is 1. The van der Waals surface area contributed by atoms with Gasteiger partial charge < -0.3 is 15.3 Å². The van der Waals surface area contributed by atoms with Gasteiger partial charge in [-0.3, -0.25) is 13.7 Å². The molecular weight excluding hydrogens is 714 g/mol. The number of hydrogen-bond acceptors (Lipinski definition) is 12. The first-order chi connectivity index (χ1) is 19.1. The zero-order valence-electron chi connectivity index (χ0n) is 21.2. The van der Waals surface area contributed by atoms with Gasteiger partial charge in [0.25, 0.3) is 15.8 Å². The molecule has 43 heavy (non-hydrogen) atoms. The van der Waals surface area contributed by atoms with Crippen molar-refractivity contribution < 1.29 is 94.0 Å². The average Bonchev–Trinajstić information content (AvgIpc) is 2.81. The predicted molar refractivity (Wildman–Crippen MR) is 141 cm³/mol. The fourth-order valence-corrected chi connectivity index (χ4v) is 6.23. The van der Waals surface area contributed by atoms with Crippen LogP contribution >= 0.6 is 0 Å². The van der Waals surface area contributed by atoms with E-state index in [9.17, 15) is 53.0 Å². The molecule has 0 saturated carbocycles. The maximum Gasteiger partial charge on any atom is 0.470 e. The minimum atomic E-state index is -5.16. The molecule has 0 unspecified atom stereocenters. The SMILES string of the molecule is CC([OH2+])=[NH+]c1cc(S(=O)(=O)O)cc2cc(S(=O)(=O)O)c([NH+]=Nc3ccc(S(=O)(=O)CCOS(=O)(=O)O)cc3O)c(O)c12.[Cu]. The Hall–Kier alpha value is -3.25. The first-order valence-corrected chi connectivity index (χ1v) is 16.7. The third-order valence-electron chi connectivity index (χ3n) is 5.23. The zero-order valence-corrected chi connectivity index (χ0v) is 25.4. The van der Waals surface area contributed by atoms with E-state index in [0.717, 1.165) is 30.3 Å². The van der Waals surface area contributed by atoms with Gasteiger partial charge in [-0.25, -0.2) is 12.6 Å². The van der Waals surface area contributed by atoms with Crippen molar-refractivity contribution in [2.45, 2.75) is 21.6 Å². The van der Waals surface area contributed by atoms with Crippen LogP contribution < -0.4 is 10.1 Å². The Bertz CT molecular complexity index is 2090. The number of azo groups is 1. The van der Waals surface area contributed by atoms with Crippen LogP contribution in [0.25, 0.3) is 10.8 Å². The molecule has 0 amide bonds. The normalized spacial score (nSPS) is 13.3. The van der Waals surface area contributed by atoms with Gasteiger partial charge >= 0.3 is 26.4 Å². The molecule has 0 saturated heterocycles. The van der Waals surface area contributed by atoms with Crippen LogP contribution in [0.1, 0.15) is 6.92 Å². The van der Waals surface area contributed by atoms with Crippen molar-refractivity contribution in [2.24, 2.45) is 5.11 Å². The molecule has 1 radical (unpaired) electrons. The Labute approximate surface area is 254 Å². The van der Waals surface area contributed by atoms with Crippen LogP contribution in [-0.2, 0) is 61.7 Å². The number of benzene rings is 3. The minimum absolute atomic E-state index is 0. The molecule has 3 aromatic carbocycles. The van der Waals surface area contributed by atoms with Crippen molar-refractivity contribution in [1.29, 1.82) is 0 Å². The smallest absolute Gasteiger partial charge is 0.470 e. The Kier molecular flexibility index (Phi) is 10.7. The van der Waals surface area contributed by atoms with Gasteiger partial charge in [-0.1, -0.05) is 5.11 Å². The molecule has 0 aliphatic rings. The van der Waals surface area contributed by atoms with Crippen molar-refractivity contribution in [2.75, 3.05) is 12.4 Å². The second-order valence-corrected chi connectivity index (χ2v) is 14.3. The van der Waals surface area contributed by atoms with E-state index in [4.69, 9.17) is 9.66 Å². The van der Waals surface area contributed by atoms with Crippen LogP contribution in [0.5, 0.6) is 11.5 Å². The number of nitrogens with one attached hydrogen (secondary N) is 2. The molecule has 0 aromatic heterocycles. The Morgan fingerprint density at radius 1 is 0.907 bits per heavy atom. The molecule has 0 atom stereocenters. The van der Waals surface area contributed by atoms with E-state index in [2.05, 4.69) is 19.4 Å². The molecule has 0 spiro atoms. The summed E-state index contributed by atoms with van der Waals surface area (Å²) in [4.78, 5) is 0.150. The van der Waals surface area contributed by atoms with E-state index in [0.29, 0.717) is 6.07 Å². The molecule has 0 heterocycles. The summed E-state index contributed by atoms with van der Waals surface area (Å²) in [5.41, 5.74) is -1.47. The van der Waals surface area contributed by atoms with Crippen LogP contribution in [-0.4, -0.2) is 80.9 Å². The van der Waals surface area contributed by atoms with Crippen LogP contribution in [0.2, 0.25) is 0 Å². The van der Waals surface area contributed by atoms with E-state index in [1.807, 2.05) is 0 Å². The summed E-state index contributed by atoms with van der Waals surface area (Å²) in [5.74, 6) is -2.90. The predicted octanol–water partition coefficient (Wildman–Crippen LogP) is -2.31. The molecule has 9 N–H and O–H groups in total. The van der Waals surface area contributed by atoms with Gasteiger partial charge in [0.2, 0.25) is 11.4 Å². The second kappa shape index (κ2) is 12.8. The van der Waals surface area contributed by atoms with E-state index < -0.39 is 90.4 Å². The summed E-state index contributed by atoms with van der Waals surface area (Å²) in [7, 11) is -19.1. The first kappa shape index (κ1) is 35.9. The van der Waals surface area contributed by atoms with Crippen LogP contribution in [0.15, 0.2) is 56.2 Å². The summed E-state index contributed by atoms with van der Waals surface area (Å²) in [6, 6.07) is 4.93. The van der Waals surface area contributed by atoms with Gasteiger partial charge in [-0.15, -0.1) is 4.99 Å². The number of sulfone groups is 1. The molecule has 0 fully saturated rings. The van der Waals surface area contributed by atoms with Gasteiger partial charge in [0, 0.05) is 34.3 Å². The molecule has 18 nitrogen and oxygen atoms in total. The van der Waals surface area contributed by atoms with E-state index >= 15 is 0 Å². The van der Waals surface area contributed by atoms with E-state index in [1.165, 1.54) is 6.92 Å². The molecule has 3 rings (SSSR count). The van der Waals surface area contributed by atoms with E-state index in [-0.39, 0.29) is 39.4 Å². The third-order valence-corrected chi connectivity index (χ3v) is 9.08. The second-order valence-electron chi connectivity index (χ2n) is 8.31. The van der Waals surface area contributed by atoms with Gasteiger partial charge in [0.1, 0.15) is 23.0 Å². The third kappa shape index (κ3) is 8.88. The zero-order chi connectivity index (χ0) is 31.8. The van der Waals surface area contributed by atoms with Crippen LogP contribution in [0, 0.1) is 0 Å². The summed E-state index contributed by atoms with van der Waals surface area (Å²) in [6.45, 7) is 0.313.